The summed E-state index contributed by atoms with van der Waals surface area (Å²) in [5.41, 5.74) is 5.58. The van der Waals surface area contributed by atoms with Crippen molar-refractivity contribution in [2.45, 2.75) is 13.8 Å². The van der Waals surface area contributed by atoms with Crippen molar-refractivity contribution in [1.29, 1.82) is 0 Å². The van der Waals surface area contributed by atoms with Crippen molar-refractivity contribution < 1.29 is 13.6 Å². The number of para-hydroxylation sites is 1. The Morgan fingerprint density at radius 1 is 0.938 bits per heavy atom. The smallest absolute Gasteiger partial charge is 0.293 e. The molecular formula is C25H19N3O3S. The van der Waals surface area contributed by atoms with E-state index in [0.29, 0.717) is 17.2 Å². The van der Waals surface area contributed by atoms with Crippen molar-refractivity contribution in [2.24, 2.45) is 0 Å². The molecule has 5 rings (SSSR count). The van der Waals surface area contributed by atoms with Gasteiger partial charge < -0.3 is 14.2 Å². The molecule has 2 heterocycles. The lowest BCUT2D eigenvalue weighted by molar-refractivity contribution is 0.0952. The minimum atomic E-state index is -0.401. The number of aromatic nitrogens is 1. The molecule has 7 heteroatoms. The monoisotopic (exact) mass is 441 g/mol. The molecule has 2 N–H and O–H groups in total. The zero-order valence-electron chi connectivity index (χ0n) is 17.4. The second kappa shape index (κ2) is 7.94. The van der Waals surface area contributed by atoms with Crippen LogP contribution in [-0.2, 0) is 0 Å². The van der Waals surface area contributed by atoms with E-state index in [2.05, 4.69) is 15.6 Å². The van der Waals surface area contributed by atoms with Crippen LogP contribution in [0.5, 0.6) is 0 Å². The average Bonchev–Trinajstić information content (AvgIpc) is 3.35. The summed E-state index contributed by atoms with van der Waals surface area (Å²) in [5.74, 6) is 0.356. The summed E-state index contributed by atoms with van der Waals surface area (Å²) >= 11 is 5.34. The predicted octanol–water partition coefficient (Wildman–Crippen LogP) is 5.98. The van der Waals surface area contributed by atoms with Crippen molar-refractivity contribution in [3.05, 3.63) is 83.6 Å². The Bertz CT molecular complexity index is 1500. The van der Waals surface area contributed by atoms with E-state index in [0.717, 1.165) is 33.2 Å². The molecule has 32 heavy (non-hydrogen) atoms. The van der Waals surface area contributed by atoms with Crippen molar-refractivity contribution in [3.63, 3.8) is 0 Å². The first-order chi connectivity index (χ1) is 15.5. The quantitative estimate of drug-likeness (QED) is 0.335. The number of carbonyl (C=O) groups is 1. The predicted molar refractivity (Wildman–Crippen MR) is 129 cm³/mol. The third kappa shape index (κ3) is 3.74. The Labute approximate surface area is 189 Å². The van der Waals surface area contributed by atoms with Crippen molar-refractivity contribution in [2.75, 3.05) is 5.32 Å². The van der Waals surface area contributed by atoms with Gasteiger partial charge in [0.2, 0.25) is 5.89 Å². The highest BCUT2D eigenvalue weighted by atomic mass is 32.1. The fraction of sp³-hybridized carbons (Fsp3) is 0.0800. The van der Waals surface area contributed by atoms with Crippen molar-refractivity contribution in [3.8, 4) is 11.5 Å². The average molecular weight is 442 g/mol. The molecule has 0 saturated heterocycles. The molecular weight excluding hydrogens is 422 g/mol. The highest BCUT2D eigenvalue weighted by Gasteiger charge is 2.18. The Morgan fingerprint density at radius 2 is 1.78 bits per heavy atom. The fourth-order valence-electron chi connectivity index (χ4n) is 3.60. The van der Waals surface area contributed by atoms with Gasteiger partial charge in [0.05, 0.1) is 0 Å². The number of anilines is 1. The molecule has 0 aliphatic heterocycles. The minimum absolute atomic E-state index is 0.167. The van der Waals surface area contributed by atoms with Crippen molar-refractivity contribution >= 4 is 51.0 Å². The van der Waals surface area contributed by atoms with E-state index in [9.17, 15) is 4.79 Å². The number of hydrogen-bond acceptors (Lipinski definition) is 5. The lowest BCUT2D eigenvalue weighted by Gasteiger charge is -2.09. The number of benzene rings is 3. The summed E-state index contributed by atoms with van der Waals surface area (Å²) in [5, 5.41) is 6.79. The van der Waals surface area contributed by atoms with E-state index in [4.69, 9.17) is 21.1 Å². The van der Waals surface area contributed by atoms with Crippen LogP contribution >= 0.6 is 12.2 Å². The number of rotatable bonds is 3. The zero-order valence-corrected chi connectivity index (χ0v) is 18.2. The molecule has 0 bridgehead atoms. The molecule has 0 radical (unpaired) electrons. The molecule has 0 aliphatic rings. The summed E-state index contributed by atoms with van der Waals surface area (Å²) in [6, 6.07) is 20.9. The third-order valence-electron chi connectivity index (χ3n) is 5.19. The van der Waals surface area contributed by atoms with Gasteiger partial charge in [-0.25, -0.2) is 4.98 Å². The Kier molecular flexibility index (Phi) is 4.95. The van der Waals surface area contributed by atoms with Crippen LogP contribution in [0, 0.1) is 13.8 Å². The van der Waals surface area contributed by atoms with Gasteiger partial charge in [0.1, 0.15) is 11.1 Å². The summed E-state index contributed by atoms with van der Waals surface area (Å²) in [6.45, 7) is 3.86. The topological polar surface area (TPSA) is 80.3 Å². The maximum atomic E-state index is 12.7. The highest BCUT2D eigenvalue weighted by molar-refractivity contribution is 7.80. The number of thiocarbonyl (C=S) groups is 1. The Balaban J connectivity index is 1.33. The first-order valence-electron chi connectivity index (χ1n) is 10.1. The lowest BCUT2D eigenvalue weighted by Crippen LogP contribution is -2.34. The first kappa shape index (κ1) is 20.0. The van der Waals surface area contributed by atoms with Gasteiger partial charge in [-0.3, -0.25) is 10.1 Å². The molecule has 3 aromatic carbocycles. The van der Waals surface area contributed by atoms with Gasteiger partial charge in [-0.05, 0) is 68.0 Å². The molecule has 0 spiro atoms. The van der Waals surface area contributed by atoms with E-state index >= 15 is 0 Å². The van der Waals surface area contributed by atoms with Gasteiger partial charge in [-0.15, -0.1) is 0 Å². The summed E-state index contributed by atoms with van der Waals surface area (Å²) in [4.78, 5) is 17.2. The third-order valence-corrected chi connectivity index (χ3v) is 5.39. The molecule has 0 atom stereocenters. The largest absolute Gasteiger partial charge is 0.451 e. The number of oxazole rings is 1. The van der Waals surface area contributed by atoms with Crippen LogP contribution in [0.1, 0.15) is 21.7 Å². The van der Waals surface area contributed by atoms with Crippen LogP contribution in [0.2, 0.25) is 0 Å². The number of carbonyl (C=O) groups excluding carboxylic acids is 1. The summed E-state index contributed by atoms with van der Waals surface area (Å²) < 4.78 is 11.6. The number of hydrogen-bond donors (Lipinski definition) is 2. The van der Waals surface area contributed by atoms with Gasteiger partial charge in [0.25, 0.3) is 5.91 Å². The number of nitrogens with zero attached hydrogens (tertiary/aromatic N) is 1. The van der Waals surface area contributed by atoms with Gasteiger partial charge in [0.15, 0.2) is 16.5 Å². The Morgan fingerprint density at radius 3 is 2.62 bits per heavy atom. The normalized spacial score (nSPS) is 11.1. The Hall–Kier alpha value is -3.97. The van der Waals surface area contributed by atoms with Gasteiger partial charge in [0, 0.05) is 22.2 Å². The van der Waals surface area contributed by atoms with Crippen LogP contribution in [0.25, 0.3) is 33.5 Å². The number of fused-ring (bicyclic) bond motifs is 2. The standard InChI is InChI=1S/C25H19N3O3S/c1-14-10-11-19-21(12-14)31-24(27-19)16-6-5-7-17(13-16)26-25(32)28-23(29)22-15(2)18-8-3-4-9-20(18)30-22/h3-13H,1-2H3,(H2,26,28,29,32). The molecule has 0 fully saturated rings. The molecule has 2 aromatic heterocycles. The second-order valence-electron chi connectivity index (χ2n) is 7.53. The van der Waals surface area contributed by atoms with Crippen LogP contribution in [0.4, 0.5) is 5.69 Å². The zero-order chi connectivity index (χ0) is 22.2. The van der Waals surface area contributed by atoms with E-state index in [1.54, 1.807) is 0 Å². The first-order valence-corrected chi connectivity index (χ1v) is 10.5. The lowest BCUT2D eigenvalue weighted by atomic mass is 10.1. The van der Waals surface area contributed by atoms with Crippen LogP contribution in [0.15, 0.2) is 75.6 Å². The molecule has 5 aromatic rings. The maximum absolute atomic E-state index is 12.7. The van der Waals surface area contributed by atoms with Crippen LogP contribution in [-0.4, -0.2) is 16.0 Å². The minimum Gasteiger partial charge on any atom is -0.451 e. The summed E-state index contributed by atoms with van der Waals surface area (Å²) in [7, 11) is 0. The molecule has 0 saturated carbocycles. The molecule has 6 nitrogen and oxygen atoms in total. The van der Waals surface area contributed by atoms with E-state index < -0.39 is 5.91 Å². The number of aryl methyl sites for hydroxylation is 2. The molecule has 1 amide bonds. The van der Waals surface area contributed by atoms with Crippen molar-refractivity contribution in [1.82, 2.24) is 10.3 Å². The SMILES string of the molecule is Cc1ccc2nc(-c3cccc(NC(=S)NC(=O)c4oc5ccccc5c4C)c3)oc2c1. The number of nitrogens with one attached hydrogen (secondary N) is 2. The molecule has 0 unspecified atom stereocenters. The highest BCUT2D eigenvalue weighted by Crippen LogP contribution is 2.27. The van der Waals surface area contributed by atoms with Crippen LogP contribution < -0.4 is 10.6 Å². The van der Waals surface area contributed by atoms with E-state index in [1.807, 2.05) is 80.6 Å². The number of furan rings is 1. The van der Waals surface area contributed by atoms with Gasteiger partial charge in [-0.1, -0.05) is 30.3 Å². The second-order valence-corrected chi connectivity index (χ2v) is 7.94. The number of amides is 1. The maximum Gasteiger partial charge on any atom is 0.293 e. The van der Waals surface area contributed by atoms with Crippen LogP contribution in [0.3, 0.4) is 0 Å². The van der Waals surface area contributed by atoms with E-state index in [-0.39, 0.29) is 10.9 Å². The van der Waals surface area contributed by atoms with E-state index in [1.165, 1.54) is 0 Å². The fourth-order valence-corrected chi connectivity index (χ4v) is 3.81. The van der Waals surface area contributed by atoms with Gasteiger partial charge in [-0.2, -0.15) is 0 Å². The molecule has 0 aliphatic carbocycles. The summed E-state index contributed by atoms with van der Waals surface area (Å²) in [6.07, 6.45) is 0. The molecule has 158 valence electrons. The van der Waals surface area contributed by atoms with Gasteiger partial charge >= 0.3 is 0 Å².